The second-order valence-electron chi connectivity index (χ2n) is 6.28. The van der Waals surface area contributed by atoms with Gasteiger partial charge in [-0.15, -0.1) is 0 Å². The van der Waals surface area contributed by atoms with Gasteiger partial charge in [0.15, 0.2) is 0 Å². The van der Waals surface area contributed by atoms with Crippen LogP contribution in [0.1, 0.15) is 50.9 Å². The first-order valence-electron chi connectivity index (χ1n) is 6.80. The van der Waals surface area contributed by atoms with Crippen LogP contribution in [0, 0.1) is 5.92 Å². The third-order valence-electron chi connectivity index (χ3n) is 3.32. The molecule has 2 rings (SSSR count). The summed E-state index contributed by atoms with van der Waals surface area (Å²) < 4.78 is 52.5. The molecule has 1 aromatic heterocycles. The quantitative estimate of drug-likeness (QED) is 0.921. The molecule has 7 heteroatoms. The SMILES string of the molecule is CC(C)(C)[S@@](=O)N[C@H](c1ccc(C(F)(F)F)cn1)C1CC1. The number of rotatable bonds is 4. The van der Waals surface area contributed by atoms with Gasteiger partial charge in [-0.2, -0.15) is 13.2 Å². The Bertz CT molecular complexity index is 519. The summed E-state index contributed by atoms with van der Waals surface area (Å²) in [5.74, 6) is 0.292. The van der Waals surface area contributed by atoms with Gasteiger partial charge >= 0.3 is 6.18 Å². The molecule has 0 amide bonds. The molecule has 0 bridgehead atoms. The Morgan fingerprint density at radius 2 is 1.90 bits per heavy atom. The van der Waals surface area contributed by atoms with E-state index in [0.717, 1.165) is 25.1 Å². The minimum absolute atomic E-state index is 0.257. The van der Waals surface area contributed by atoms with Crippen LogP contribution in [0.25, 0.3) is 0 Å². The molecule has 2 atom stereocenters. The van der Waals surface area contributed by atoms with Crippen LogP contribution >= 0.6 is 0 Å². The standard InChI is InChI=1S/C14H19F3N2OS/c1-13(2,3)21(20)19-12(9-4-5-9)11-7-6-10(8-18-11)14(15,16)17/h6-9,12,19H,4-5H2,1-3H3/t12-,21+/m0/s1. The molecule has 0 unspecified atom stereocenters. The maximum Gasteiger partial charge on any atom is 0.417 e. The van der Waals surface area contributed by atoms with Crippen molar-refractivity contribution in [3.05, 3.63) is 29.6 Å². The molecule has 1 aliphatic rings. The van der Waals surface area contributed by atoms with E-state index in [2.05, 4.69) is 9.71 Å². The van der Waals surface area contributed by atoms with Crippen molar-refractivity contribution in [2.45, 2.75) is 50.6 Å². The molecule has 0 spiro atoms. The maximum atomic E-state index is 12.6. The van der Waals surface area contributed by atoms with Crippen molar-refractivity contribution in [2.75, 3.05) is 0 Å². The lowest BCUT2D eigenvalue weighted by Crippen LogP contribution is -2.36. The van der Waals surface area contributed by atoms with Gasteiger partial charge in [0.2, 0.25) is 0 Å². The van der Waals surface area contributed by atoms with E-state index in [4.69, 9.17) is 0 Å². The van der Waals surface area contributed by atoms with Gasteiger partial charge in [-0.3, -0.25) is 4.98 Å². The summed E-state index contributed by atoms with van der Waals surface area (Å²) in [7, 11) is -1.28. The van der Waals surface area contributed by atoms with Crippen molar-refractivity contribution >= 4 is 11.0 Å². The number of alkyl halides is 3. The van der Waals surface area contributed by atoms with Gasteiger partial charge in [0.05, 0.1) is 33.0 Å². The van der Waals surface area contributed by atoms with E-state index < -0.39 is 27.5 Å². The molecule has 21 heavy (non-hydrogen) atoms. The summed E-state index contributed by atoms with van der Waals surface area (Å²) in [6, 6.07) is 2.14. The van der Waals surface area contributed by atoms with E-state index in [9.17, 15) is 17.4 Å². The van der Waals surface area contributed by atoms with Gasteiger partial charge in [0, 0.05) is 6.20 Å². The number of halogens is 3. The zero-order chi connectivity index (χ0) is 15.8. The lowest BCUT2D eigenvalue weighted by Gasteiger charge is -2.24. The first kappa shape index (κ1) is 16.4. The number of aromatic nitrogens is 1. The predicted octanol–water partition coefficient (Wildman–Crippen LogP) is 3.60. The van der Waals surface area contributed by atoms with E-state index in [1.54, 1.807) is 0 Å². The first-order chi connectivity index (χ1) is 9.59. The molecule has 1 aromatic rings. The number of nitrogens with zero attached hydrogens (tertiary/aromatic N) is 1. The normalized spacial score (nSPS) is 19.3. The molecule has 1 heterocycles. The van der Waals surface area contributed by atoms with Crippen molar-refractivity contribution in [3.8, 4) is 0 Å². The second-order valence-corrected chi connectivity index (χ2v) is 8.28. The first-order valence-corrected chi connectivity index (χ1v) is 7.95. The Hall–Kier alpha value is -0.950. The zero-order valence-corrected chi connectivity index (χ0v) is 13.0. The number of hydrogen-bond donors (Lipinski definition) is 1. The molecule has 1 fully saturated rings. The number of pyridine rings is 1. The molecule has 0 aromatic carbocycles. The minimum Gasteiger partial charge on any atom is -0.259 e. The monoisotopic (exact) mass is 320 g/mol. The van der Waals surface area contributed by atoms with Crippen LogP contribution in [0.15, 0.2) is 18.3 Å². The summed E-state index contributed by atoms with van der Waals surface area (Å²) in [5.41, 5.74) is -0.249. The molecule has 0 radical (unpaired) electrons. The van der Waals surface area contributed by atoms with Crippen LogP contribution in [-0.4, -0.2) is 13.9 Å². The van der Waals surface area contributed by atoms with Gasteiger partial charge < -0.3 is 0 Å². The molecular weight excluding hydrogens is 301 g/mol. The fourth-order valence-corrected chi connectivity index (χ4v) is 2.77. The second kappa shape index (κ2) is 5.68. The Labute approximate surface area is 124 Å². The Morgan fingerprint density at radius 3 is 2.29 bits per heavy atom. The Balaban J connectivity index is 2.18. The zero-order valence-electron chi connectivity index (χ0n) is 12.2. The van der Waals surface area contributed by atoms with Crippen LogP contribution in [0.3, 0.4) is 0 Å². The van der Waals surface area contributed by atoms with Crippen LogP contribution in [0.2, 0.25) is 0 Å². The third kappa shape index (κ3) is 4.26. The van der Waals surface area contributed by atoms with Crippen molar-refractivity contribution in [1.29, 1.82) is 0 Å². The van der Waals surface area contributed by atoms with Crippen LogP contribution in [0.4, 0.5) is 13.2 Å². The fraction of sp³-hybridized carbons (Fsp3) is 0.643. The fourth-order valence-electron chi connectivity index (χ4n) is 1.88. The van der Waals surface area contributed by atoms with Crippen LogP contribution in [0.5, 0.6) is 0 Å². The van der Waals surface area contributed by atoms with Gasteiger partial charge in [0.25, 0.3) is 0 Å². The van der Waals surface area contributed by atoms with E-state index in [-0.39, 0.29) is 6.04 Å². The van der Waals surface area contributed by atoms with Crippen LogP contribution < -0.4 is 4.72 Å². The average Bonchev–Trinajstić information content (AvgIpc) is 3.17. The van der Waals surface area contributed by atoms with Crippen molar-refractivity contribution in [2.24, 2.45) is 5.92 Å². The molecule has 3 nitrogen and oxygen atoms in total. The largest absolute Gasteiger partial charge is 0.417 e. The van der Waals surface area contributed by atoms with Crippen molar-refractivity contribution in [3.63, 3.8) is 0 Å². The highest BCUT2D eigenvalue weighted by Gasteiger charge is 2.37. The summed E-state index contributed by atoms with van der Waals surface area (Å²) in [4.78, 5) is 3.92. The molecule has 1 N–H and O–H groups in total. The summed E-state index contributed by atoms with van der Waals surface area (Å²) in [6.45, 7) is 5.54. The maximum absolute atomic E-state index is 12.6. The highest BCUT2D eigenvalue weighted by atomic mass is 32.2. The number of nitrogens with one attached hydrogen (secondary N) is 1. The lowest BCUT2D eigenvalue weighted by molar-refractivity contribution is -0.137. The lowest BCUT2D eigenvalue weighted by atomic mass is 10.1. The van der Waals surface area contributed by atoms with Gasteiger partial charge in [-0.1, -0.05) is 0 Å². The summed E-state index contributed by atoms with van der Waals surface area (Å²) in [6.07, 6.45) is -1.60. The van der Waals surface area contributed by atoms with E-state index in [0.29, 0.717) is 11.6 Å². The van der Waals surface area contributed by atoms with E-state index in [1.165, 1.54) is 6.07 Å². The molecule has 0 saturated heterocycles. The minimum atomic E-state index is -4.39. The smallest absolute Gasteiger partial charge is 0.259 e. The number of hydrogen-bond acceptors (Lipinski definition) is 2. The summed E-state index contributed by atoms with van der Waals surface area (Å²) >= 11 is 0. The van der Waals surface area contributed by atoms with Gasteiger partial charge in [-0.05, 0) is 51.7 Å². The van der Waals surface area contributed by atoms with Crippen LogP contribution in [-0.2, 0) is 17.2 Å². The van der Waals surface area contributed by atoms with Crippen molar-refractivity contribution in [1.82, 2.24) is 9.71 Å². The molecule has 0 aliphatic heterocycles. The highest BCUT2D eigenvalue weighted by Crippen LogP contribution is 2.41. The molecular formula is C14H19F3N2OS. The molecule has 1 saturated carbocycles. The molecule has 118 valence electrons. The van der Waals surface area contributed by atoms with Gasteiger partial charge in [0.1, 0.15) is 0 Å². The summed E-state index contributed by atoms with van der Waals surface area (Å²) in [5, 5.41) is 0. The topological polar surface area (TPSA) is 42.0 Å². The van der Waals surface area contributed by atoms with E-state index in [1.807, 2.05) is 20.8 Å². The van der Waals surface area contributed by atoms with Crippen molar-refractivity contribution < 1.29 is 17.4 Å². The van der Waals surface area contributed by atoms with E-state index >= 15 is 0 Å². The Kier molecular flexibility index (Phi) is 4.44. The van der Waals surface area contributed by atoms with Gasteiger partial charge in [-0.25, -0.2) is 8.93 Å². The third-order valence-corrected chi connectivity index (χ3v) is 4.90. The predicted molar refractivity (Wildman–Crippen MR) is 75.7 cm³/mol. The Morgan fingerprint density at radius 1 is 1.29 bits per heavy atom. The highest BCUT2D eigenvalue weighted by molar-refractivity contribution is 7.84. The molecule has 1 aliphatic carbocycles. The average molecular weight is 320 g/mol.